The quantitative estimate of drug-likeness (QED) is 0.405. The largest absolute Gasteiger partial charge is 0.490 e. The molecule has 2 aromatic carbocycles. The first-order valence-corrected chi connectivity index (χ1v) is 9.73. The predicted molar refractivity (Wildman–Crippen MR) is 113 cm³/mol. The Morgan fingerprint density at radius 1 is 1.00 bits per heavy atom. The average molecular weight is 403 g/mol. The Morgan fingerprint density at radius 3 is 2.63 bits per heavy atom. The van der Waals surface area contributed by atoms with Gasteiger partial charge in [-0.25, -0.2) is 9.79 Å². The molecule has 0 unspecified atom stereocenters. The third-order valence-corrected chi connectivity index (χ3v) is 4.41. The van der Waals surface area contributed by atoms with Gasteiger partial charge in [-0.15, -0.1) is 0 Å². The molecule has 152 valence electrons. The fourth-order valence-electron chi connectivity index (χ4n) is 3.00. The molecule has 0 bridgehead atoms. The standard InChI is InChI=1S/C24H21NO5/c1-2-27-22-16-18(10-11-20(22)29-14-12-17-7-4-3-5-8-17)15-19-24(26)30-23(25-19)21-9-6-13-28-21/h3-11,13,15-16H,2,12,14H2,1H3/b19-15-. The van der Waals surface area contributed by atoms with E-state index in [4.69, 9.17) is 18.6 Å². The number of furan rings is 1. The van der Waals surface area contributed by atoms with Crippen LogP contribution < -0.4 is 9.47 Å². The normalized spacial score (nSPS) is 14.5. The molecule has 3 aromatic rings. The molecule has 30 heavy (non-hydrogen) atoms. The van der Waals surface area contributed by atoms with E-state index in [1.807, 2.05) is 43.3 Å². The van der Waals surface area contributed by atoms with Crippen LogP contribution in [0.15, 0.2) is 82.0 Å². The van der Waals surface area contributed by atoms with Crippen LogP contribution in [0.25, 0.3) is 6.08 Å². The zero-order valence-corrected chi connectivity index (χ0v) is 16.5. The number of rotatable bonds is 8. The number of ether oxygens (including phenoxy) is 3. The highest BCUT2D eigenvalue weighted by Crippen LogP contribution is 2.30. The first kappa shape index (κ1) is 19.5. The van der Waals surface area contributed by atoms with Crippen molar-refractivity contribution in [1.82, 2.24) is 0 Å². The number of hydrogen-bond donors (Lipinski definition) is 0. The lowest BCUT2D eigenvalue weighted by Crippen LogP contribution is -2.04. The van der Waals surface area contributed by atoms with Crippen LogP contribution >= 0.6 is 0 Å². The Hall–Kier alpha value is -3.80. The van der Waals surface area contributed by atoms with E-state index in [0.717, 1.165) is 12.0 Å². The van der Waals surface area contributed by atoms with Gasteiger partial charge in [0.15, 0.2) is 23.0 Å². The molecule has 1 aromatic heterocycles. The lowest BCUT2D eigenvalue weighted by atomic mass is 10.1. The van der Waals surface area contributed by atoms with E-state index < -0.39 is 5.97 Å². The zero-order valence-electron chi connectivity index (χ0n) is 16.5. The third-order valence-electron chi connectivity index (χ3n) is 4.41. The molecule has 2 heterocycles. The Kier molecular flexibility index (Phi) is 5.94. The number of cyclic esters (lactones) is 1. The Morgan fingerprint density at radius 2 is 1.87 bits per heavy atom. The molecule has 0 amide bonds. The van der Waals surface area contributed by atoms with Gasteiger partial charge >= 0.3 is 5.97 Å². The molecule has 0 N–H and O–H groups in total. The van der Waals surface area contributed by atoms with Crippen molar-refractivity contribution in [2.75, 3.05) is 13.2 Å². The van der Waals surface area contributed by atoms with E-state index in [1.165, 1.54) is 11.8 Å². The second kappa shape index (κ2) is 9.13. The summed E-state index contributed by atoms with van der Waals surface area (Å²) >= 11 is 0. The van der Waals surface area contributed by atoms with Crippen molar-refractivity contribution in [3.63, 3.8) is 0 Å². The number of benzene rings is 2. The van der Waals surface area contributed by atoms with Gasteiger partial charge in [0.05, 0.1) is 19.5 Å². The summed E-state index contributed by atoms with van der Waals surface area (Å²) in [5.41, 5.74) is 2.16. The first-order valence-electron chi connectivity index (χ1n) is 9.73. The molecule has 0 saturated carbocycles. The number of esters is 1. The fraction of sp³-hybridized carbons (Fsp3) is 0.167. The van der Waals surface area contributed by atoms with E-state index in [-0.39, 0.29) is 11.6 Å². The van der Waals surface area contributed by atoms with Crippen molar-refractivity contribution in [1.29, 1.82) is 0 Å². The van der Waals surface area contributed by atoms with E-state index >= 15 is 0 Å². The molecule has 0 fully saturated rings. The van der Waals surface area contributed by atoms with E-state index in [2.05, 4.69) is 17.1 Å². The van der Waals surface area contributed by atoms with E-state index in [0.29, 0.717) is 30.5 Å². The van der Waals surface area contributed by atoms with Crippen molar-refractivity contribution in [3.05, 3.63) is 89.5 Å². The van der Waals surface area contributed by atoms with Crippen LogP contribution in [-0.2, 0) is 16.0 Å². The Labute approximate surface area is 174 Å². The van der Waals surface area contributed by atoms with Crippen molar-refractivity contribution in [3.8, 4) is 11.5 Å². The predicted octanol–water partition coefficient (Wildman–Crippen LogP) is 4.64. The van der Waals surface area contributed by atoms with Crippen LogP contribution in [0.5, 0.6) is 11.5 Å². The number of nitrogens with zero attached hydrogens (tertiary/aromatic N) is 1. The average Bonchev–Trinajstić information content (AvgIpc) is 3.41. The minimum atomic E-state index is -0.525. The maximum atomic E-state index is 12.1. The molecule has 0 spiro atoms. The minimum absolute atomic E-state index is 0.155. The zero-order chi connectivity index (χ0) is 20.8. The van der Waals surface area contributed by atoms with Crippen LogP contribution in [-0.4, -0.2) is 25.1 Å². The van der Waals surface area contributed by atoms with Gasteiger partial charge in [-0.2, -0.15) is 0 Å². The second-order valence-corrected chi connectivity index (χ2v) is 6.54. The molecule has 0 radical (unpaired) electrons. The highest BCUT2D eigenvalue weighted by Gasteiger charge is 2.25. The molecule has 1 aliphatic rings. The van der Waals surface area contributed by atoms with Crippen molar-refractivity contribution in [2.24, 2.45) is 4.99 Å². The highest BCUT2D eigenvalue weighted by atomic mass is 16.6. The maximum Gasteiger partial charge on any atom is 0.363 e. The summed E-state index contributed by atoms with van der Waals surface area (Å²) in [6.07, 6.45) is 3.95. The monoisotopic (exact) mass is 403 g/mol. The van der Waals surface area contributed by atoms with Gasteiger partial charge < -0.3 is 18.6 Å². The summed E-state index contributed by atoms with van der Waals surface area (Å²) in [6.45, 7) is 2.94. The molecule has 0 aliphatic carbocycles. The molecule has 6 nitrogen and oxygen atoms in total. The summed E-state index contributed by atoms with van der Waals surface area (Å²) < 4.78 is 22.1. The lowest BCUT2D eigenvalue weighted by molar-refractivity contribution is -0.130. The SMILES string of the molecule is CCOc1cc(/C=C2\N=C(c3ccco3)OC2=O)ccc1OCCc1ccccc1. The van der Waals surface area contributed by atoms with Crippen molar-refractivity contribution < 1.29 is 23.4 Å². The molecule has 1 aliphatic heterocycles. The summed E-state index contributed by atoms with van der Waals surface area (Å²) in [5.74, 6) is 1.30. The van der Waals surface area contributed by atoms with E-state index in [1.54, 1.807) is 18.2 Å². The fourth-order valence-corrected chi connectivity index (χ4v) is 3.00. The van der Waals surface area contributed by atoms with Crippen LogP contribution in [0.4, 0.5) is 0 Å². The van der Waals surface area contributed by atoms with Gasteiger partial charge in [-0.3, -0.25) is 0 Å². The summed E-state index contributed by atoms with van der Waals surface area (Å²) in [6, 6.07) is 19.0. The van der Waals surface area contributed by atoms with Gasteiger partial charge in [0.25, 0.3) is 5.90 Å². The lowest BCUT2D eigenvalue weighted by Gasteiger charge is -2.12. The summed E-state index contributed by atoms with van der Waals surface area (Å²) in [7, 11) is 0. The third kappa shape index (κ3) is 4.60. The maximum absolute atomic E-state index is 12.1. The first-order chi connectivity index (χ1) is 14.7. The van der Waals surface area contributed by atoms with Crippen LogP contribution in [0.3, 0.4) is 0 Å². The number of carbonyl (C=O) groups excluding carboxylic acids is 1. The Bertz CT molecular complexity index is 1070. The smallest absolute Gasteiger partial charge is 0.363 e. The molecule has 0 saturated heterocycles. The topological polar surface area (TPSA) is 70.3 Å². The highest BCUT2D eigenvalue weighted by molar-refractivity contribution is 6.11. The van der Waals surface area contributed by atoms with Gasteiger partial charge in [-0.05, 0) is 48.4 Å². The molecular formula is C24H21NO5. The van der Waals surface area contributed by atoms with Gasteiger partial charge in [0, 0.05) is 6.42 Å². The molecule has 6 heteroatoms. The van der Waals surface area contributed by atoms with Gasteiger partial charge in [0.1, 0.15) is 0 Å². The minimum Gasteiger partial charge on any atom is -0.490 e. The summed E-state index contributed by atoms with van der Waals surface area (Å²) in [5, 5.41) is 0. The van der Waals surface area contributed by atoms with E-state index in [9.17, 15) is 4.79 Å². The molecule has 4 rings (SSSR count). The van der Waals surface area contributed by atoms with Crippen LogP contribution in [0, 0.1) is 0 Å². The number of carbonyl (C=O) groups is 1. The van der Waals surface area contributed by atoms with Crippen LogP contribution in [0.1, 0.15) is 23.8 Å². The van der Waals surface area contributed by atoms with Crippen molar-refractivity contribution in [2.45, 2.75) is 13.3 Å². The van der Waals surface area contributed by atoms with Gasteiger partial charge in [-0.1, -0.05) is 36.4 Å². The second-order valence-electron chi connectivity index (χ2n) is 6.54. The molecule has 0 atom stereocenters. The van der Waals surface area contributed by atoms with Crippen molar-refractivity contribution >= 4 is 17.9 Å². The van der Waals surface area contributed by atoms with Crippen LogP contribution in [0.2, 0.25) is 0 Å². The molecular weight excluding hydrogens is 382 g/mol. The number of hydrogen-bond acceptors (Lipinski definition) is 6. The summed E-state index contributed by atoms with van der Waals surface area (Å²) in [4.78, 5) is 16.4. The number of aliphatic imine (C=N–C) groups is 1. The Balaban J connectivity index is 1.50. The van der Waals surface area contributed by atoms with Gasteiger partial charge in [0.2, 0.25) is 0 Å².